The summed E-state index contributed by atoms with van der Waals surface area (Å²) in [6.45, 7) is 4.63. The highest BCUT2D eigenvalue weighted by atomic mass is 16.5. The predicted molar refractivity (Wildman–Crippen MR) is 89.4 cm³/mol. The number of amides is 1. The van der Waals surface area contributed by atoms with E-state index in [0.717, 1.165) is 32.2 Å². The normalized spacial score (nSPS) is 12.2. The van der Waals surface area contributed by atoms with E-state index in [2.05, 4.69) is 10.1 Å². The van der Waals surface area contributed by atoms with E-state index >= 15 is 0 Å². The average molecular weight is 314 g/mol. The van der Waals surface area contributed by atoms with Crippen LogP contribution in [0.2, 0.25) is 0 Å². The van der Waals surface area contributed by atoms with Gasteiger partial charge < -0.3 is 15.8 Å². The molecule has 130 valence electrons. The summed E-state index contributed by atoms with van der Waals surface area (Å²) in [7, 11) is 1.43. The Bertz CT molecular complexity index is 306. The van der Waals surface area contributed by atoms with Crippen molar-refractivity contribution in [2.24, 2.45) is 11.7 Å². The first-order valence-corrected chi connectivity index (χ1v) is 8.59. The van der Waals surface area contributed by atoms with Crippen molar-refractivity contribution in [3.63, 3.8) is 0 Å². The van der Waals surface area contributed by atoms with Crippen LogP contribution in [0.5, 0.6) is 0 Å². The van der Waals surface area contributed by atoms with Crippen LogP contribution in [0.15, 0.2) is 0 Å². The minimum atomic E-state index is -0.398. The summed E-state index contributed by atoms with van der Waals surface area (Å²) in [6.07, 6.45) is 9.52. The van der Waals surface area contributed by atoms with Crippen LogP contribution < -0.4 is 11.1 Å². The fourth-order valence-corrected chi connectivity index (χ4v) is 2.19. The molecule has 0 saturated heterocycles. The van der Waals surface area contributed by atoms with Crippen LogP contribution in [-0.4, -0.2) is 31.6 Å². The Morgan fingerprint density at radius 1 is 0.955 bits per heavy atom. The van der Waals surface area contributed by atoms with E-state index in [1.807, 2.05) is 13.8 Å². The van der Waals surface area contributed by atoms with E-state index in [1.165, 1.54) is 32.8 Å². The molecular weight excluding hydrogens is 280 g/mol. The fourth-order valence-electron chi connectivity index (χ4n) is 2.19. The Morgan fingerprint density at radius 3 is 1.95 bits per heavy atom. The third-order valence-electron chi connectivity index (χ3n) is 3.86. The lowest BCUT2D eigenvalue weighted by Crippen LogP contribution is -2.44. The Morgan fingerprint density at radius 2 is 1.45 bits per heavy atom. The zero-order chi connectivity index (χ0) is 16.8. The smallest absolute Gasteiger partial charge is 0.305 e. The maximum absolute atomic E-state index is 11.6. The van der Waals surface area contributed by atoms with E-state index in [9.17, 15) is 9.59 Å². The van der Waals surface area contributed by atoms with Crippen LogP contribution in [0.4, 0.5) is 0 Å². The van der Waals surface area contributed by atoms with Gasteiger partial charge in [0.05, 0.1) is 13.2 Å². The second kappa shape index (κ2) is 13.6. The number of rotatable bonds is 13. The van der Waals surface area contributed by atoms with Gasteiger partial charge in [0, 0.05) is 13.0 Å². The summed E-state index contributed by atoms with van der Waals surface area (Å²) < 4.78 is 4.60. The van der Waals surface area contributed by atoms with Gasteiger partial charge in [-0.15, -0.1) is 0 Å². The van der Waals surface area contributed by atoms with Gasteiger partial charge in [0.2, 0.25) is 5.91 Å². The van der Waals surface area contributed by atoms with Crippen LogP contribution in [-0.2, 0) is 14.3 Å². The predicted octanol–water partition coefficient (Wildman–Crippen LogP) is 2.77. The molecule has 0 aliphatic heterocycles. The lowest BCUT2D eigenvalue weighted by atomic mass is 10.0. The molecule has 0 heterocycles. The molecule has 0 aromatic carbocycles. The number of unbranched alkanes of at least 4 members (excludes halogenated alkanes) is 7. The first-order valence-electron chi connectivity index (χ1n) is 8.59. The lowest BCUT2D eigenvalue weighted by Gasteiger charge is -2.15. The second-order valence-electron chi connectivity index (χ2n) is 6.22. The molecule has 0 rings (SSSR count). The zero-order valence-corrected chi connectivity index (χ0v) is 14.5. The third kappa shape index (κ3) is 11.5. The van der Waals surface area contributed by atoms with Crippen molar-refractivity contribution in [1.29, 1.82) is 0 Å². The molecule has 1 amide bonds. The molecule has 5 nitrogen and oxygen atoms in total. The molecule has 0 aliphatic rings. The van der Waals surface area contributed by atoms with Gasteiger partial charge in [0.25, 0.3) is 0 Å². The molecule has 3 N–H and O–H groups in total. The number of hydrogen-bond acceptors (Lipinski definition) is 4. The largest absolute Gasteiger partial charge is 0.469 e. The molecule has 22 heavy (non-hydrogen) atoms. The number of methoxy groups -OCH3 is 1. The first-order chi connectivity index (χ1) is 10.5. The molecule has 0 aromatic rings. The molecule has 0 bridgehead atoms. The topological polar surface area (TPSA) is 81.4 Å². The van der Waals surface area contributed by atoms with Crippen molar-refractivity contribution in [1.82, 2.24) is 5.32 Å². The van der Waals surface area contributed by atoms with Crippen molar-refractivity contribution < 1.29 is 14.3 Å². The highest BCUT2D eigenvalue weighted by Gasteiger charge is 2.15. The van der Waals surface area contributed by atoms with E-state index < -0.39 is 6.04 Å². The van der Waals surface area contributed by atoms with Gasteiger partial charge >= 0.3 is 5.97 Å². The van der Waals surface area contributed by atoms with Gasteiger partial charge in [0.1, 0.15) is 0 Å². The zero-order valence-electron chi connectivity index (χ0n) is 14.5. The maximum Gasteiger partial charge on any atom is 0.305 e. The van der Waals surface area contributed by atoms with Gasteiger partial charge in [0.15, 0.2) is 0 Å². The van der Waals surface area contributed by atoms with Crippen molar-refractivity contribution in [3.8, 4) is 0 Å². The number of nitrogens with two attached hydrogens (primary N) is 1. The van der Waals surface area contributed by atoms with E-state index in [0.29, 0.717) is 6.42 Å². The van der Waals surface area contributed by atoms with Crippen molar-refractivity contribution >= 4 is 11.9 Å². The quantitative estimate of drug-likeness (QED) is 0.404. The number of carbonyl (C=O) groups excluding carboxylic acids is 2. The minimum absolute atomic E-state index is 0.0411. The van der Waals surface area contributed by atoms with E-state index in [-0.39, 0.29) is 17.8 Å². The Balaban J connectivity index is 3.27. The second-order valence-corrected chi connectivity index (χ2v) is 6.22. The molecule has 0 radical (unpaired) electrons. The summed E-state index contributed by atoms with van der Waals surface area (Å²) in [4.78, 5) is 22.5. The maximum atomic E-state index is 11.6. The molecule has 0 fully saturated rings. The van der Waals surface area contributed by atoms with Gasteiger partial charge in [-0.1, -0.05) is 52.4 Å². The van der Waals surface area contributed by atoms with Gasteiger partial charge in [-0.2, -0.15) is 0 Å². The number of carbonyl (C=O) groups is 2. The Kier molecular flexibility index (Phi) is 12.9. The summed E-state index contributed by atoms with van der Waals surface area (Å²) in [5.41, 5.74) is 5.77. The highest BCUT2D eigenvalue weighted by Crippen LogP contribution is 2.09. The van der Waals surface area contributed by atoms with Crippen molar-refractivity contribution in [2.45, 2.75) is 77.7 Å². The van der Waals surface area contributed by atoms with Gasteiger partial charge in [-0.05, 0) is 18.8 Å². The average Bonchev–Trinajstić information content (AvgIpc) is 2.50. The third-order valence-corrected chi connectivity index (χ3v) is 3.86. The molecule has 0 aliphatic carbocycles. The van der Waals surface area contributed by atoms with Crippen LogP contribution in [0.25, 0.3) is 0 Å². The summed E-state index contributed by atoms with van der Waals surface area (Å²) in [5.74, 6) is 0.0269. The van der Waals surface area contributed by atoms with E-state index in [4.69, 9.17) is 5.73 Å². The number of hydrogen-bond donors (Lipinski definition) is 2. The standard InChI is InChI=1S/C17H34N2O3/c1-14(2)16(18)17(21)19-13-11-9-7-5-4-6-8-10-12-15(20)22-3/h14,16H,4-13,18H2,1-3H3,(H,19,21)/t16-/m0/s1. The SMILES string of the molecule is COC(=O)CCCCCCCCCCNC(=O)[C@@H](N)C(C)C. The molecule has 5 heteroatoms. The minimum Gasteiger partial charge on any atom is -0.469 e. The van der Waals surface area contributed by atoms with Gasteiger partial charge in [-0.25, -0.2) is 0 Å². The summed E-state index contributed by atoms with van der Waals surface area (Å²) in [6, 6.07) is -0.398. The molecular formula is C17H34N2O3. The Labute approximate surface area is 135 Å². The Hall–Kier alpha value is -1.10. The van der Waals surface area contributed by atoms with Crippen LogP contribution >= 0.6 is 0 Å². The molecule has 0 unspecified atom stereocenters. The number of esters is 1. The summed E-state index contributed by atoms with van der Waals surface area (Å²) >= 11 is 0. The number of nitrogens with one attached hydrogen (secondary N) is 1. The lowest BCUT2D eigenvalue weighted by molar-refractivity contribution is -0.140. The van der Waals surface area contributed by atoms with Crippen LogP contribution in [0, 0.1) is 5.92 Å². The molecule has 0 aromatic heterocycles. The molecule has 0 spiro atoms. The summed E-state index contributed by atoms with van der Waals surface area (Å²) in [5, 5.41) is 2.89. The molecule has 0 saturated carbocycles. The highest BCUT2D eigenvalue weighted by molar-refractivity contribution is 5.81. The van der Waals surface area contributed by atoms with E-state index in [1.54, 1.807) is 0 Å². The van der Waals surface area contributed by atoms with Crippen LogP contribution in [0.3, 0.4) is 0 Å². The van der Waals surface area contributed by atoms with Crippen molar-refractivity contribution in [2.75, 3.05) is 13.7 Å². The van der Waals surface area contributed by atoms with Crippen LogP contribution in [0.1, 0.15) is 71.6 Å². The molecule has 1 atom stereocenters. The van der Waals surface area contributed by atoms with Gasteiger partial charge in [-0.3, -0.25) is 9.59 Å². The monoisotopic (exact) mass is 314 g/mol. The number of ether oxygens (including phenoxy) is 1. The fraction of sp³-hybridized carbons (Fsp3) is 0.882. The first kappa shape index (κ1) is 20.9. The van der Waals surface area contributed by atoms with Crippen molar-refractivity contribution in [3.05, 3.63) is 0 Å².